The molecule has 2 aromatic rings. The number of nitrogens with one attached hydrogen (secondary N) is 1. The zero-order valence-electron chi connectivity index (χ0n) is 12.3. The summed E-state index contributed by atoms with van der Waals surface area (Å²) < 4.78 is 1.83. The van der Waals surface area contributed by atoms with Gasteiger partial charge in [0.2, 0.25) is 5.95 Å². The smallest absolute Gasteiger partial charge is 0.243 e. The highest BCUT2D eigenvalue weighted by Crippen LogP contribution is 2.15. The van der Waals surface area contributed by atoms with Crippen molar-refractivity contribution in [2.45, 2.75) is 39.2 Å². The molecule has 3 heterocycles. The Morgan fingerprint density at radius 2 is 2.15 bits per heavy atom. The Kier molecular flexibility index (Phi) is 3.87. The van der Waals surface area contributed by atoms with Crippen LogP contribution in [0.4, 0.5) is 5.95 Å². The fourth-order valence-corrected chi connectivity index (χ4v) is 2.84. The van der Waals surface area contributed by atoms with Gasteiger partial charge >= 0.3 is 0 Å². The molecule has 0 unspecified atom stereocenters. The second kappa shape index (κ2) is 5.79. The van der Waals surface area contributed by atoms with E-state index >= 15 is 0 Å². The average Bonchev–Trinajstić information content (AvgIpc) is 2.82. The molecule has 1 aliphatic heterocycles. The second-order valence-corrected chi connectivity index (χ2v) is 5.70. The molecule has 5 nitrogen and oxygen atoms in total. The van der Waals surface area contributed by atoms with Crippen molar-refractivity contribution in [1.29, 1.82) is 0 Å². The van der Waals surface area contributed by atoms with Gasteiger partial charge in [-0.15, -0.1) is 5.10 Å². The number of pyridine rings is 1. The molecular formula is C15H23N5. The van der Waals surface area contributed by atoms with E-state index in [1.165, 1.54) is 44.5 Å². The van der Waals surface area contributed by atoms with Gasteiger partial charge < -0.3 is 10.2 Å². The Bertz CT molecular complexity index is 569. The minimum Gasteiger partial charge on any atom is -0.350 e. The van der Waals surface area contributed by atoms with Crippen molar-refractivity contribution in [2.24, 2.45) is 0 Å². The molecule has 0 saturated carbocycles. The molecule has 0 spiro atoms. The highest BCUT2D eigenvalue weighted by Gasteiger charge is 2.19. The lowest BCUT2D eigenvalue weighted by Gasteiger charge is -2.31. The monoisotopic (exact) mass is 273 g/mol. The van der Waals surface area contributed by atoms with Crippen LogP contribution in [0.5, 0.6) is 0 Å². The van der Waals surface area contributed by atoms with Crippen LogP contribution in [0.15, 0.2) is 18.3 Å². The van der Waals surface area contributed by atoms with Crippen LogP contribution in [0.1, 0.15) is 31.7 Å². The van der Waals surface area contributed by atoms with Crippen molar-refractivity contribution in [2.75, 3.05) is 25.0 Å². The molecule has 108 valence electrons. The minimum atomic E-state index is 0.501. The van der Waals surface area contributed by atoms with Gasteiger partial charge in [0.15, 0.2) is 5.65 Å². The summed E-state index contributed by atoms with van der Waals surface area (Å²) in [7, 11) is 0. The maximum atomic E-state index is 4.55. The first kappa shape index (κ1) is 13.4. The first-order chi connectivity index (χ1) is 9.74. The van der Waals surface area contributed by atoms with Crippen molar-refractivity contribution >= 4 is 11.6 Å². The Labute approximate surface area is 120 Å². The summed E-state index contributed by atoms with van der Waals surface area (Å²) in [6.45, 7) is 7.90. The molecule has 1 aliphatic rings. The summed E-state index contributed by atoms with van der Waals surface area (Å²) in [4.78, 5) is 7.09. The standard InChI is InChI=1S/C15H23N5/c1-3-7-19-8-5-13(6-9-19)16-15-17-14-11-12(2)4-10-20(14)18-15/h4,10-11,13H,3,5-9H2,1-2H3,(H,16,18). The van der Waals surface area contributed by atoms with Gasteiger partial charge in [0.05, 0.1) is 0 Å². The molecule has 20 heavy (non-hydrogen) atoms. The number of likely N-dealkylation sites (tertiary alicyclic amines) is 1. The summed E-state index contributed by atoms with van der Waals surface area (Å²) in [5.41, 5.74) is 2.13. The lowest BCUT2D eigenvalue weighted by molar-refractivity contribution is 0.219. The molecule has 0 amide bonds. The normalized spacial score (nSPS) is 17.7. The van der Waals surface area contributed by atoms with Gasteiger partial charge in [-0.1, -0.05) is 6.92 Å². The topological polar surface area (TPSA) is 45.5 Å². The lowest BCUT2D eigenvalue weighted by Crippen LogP contribution is -2.39. The van der Waals surface area contributed by atoms with Crippen LogP contribution < -0.4 is 5.32 Å². The summed E-state index contributed by atoms with van der Waals surface area (Å²) in [5, 5.41) is 7.97. The molecule has 1 N–H and O–H groups in total. The van der Waals surface area contributed by atoms with E-state index in [1.807, 2.05) is 10.7 Å². The van der Waals surface area contributed by atoms with E-state index in [0.717, 1.165) is 11.6 Å². The molecule has 5 heteroatoms. The average molecular weight is 273 g/mol. The number of piperidine rings is 1. The maximum Gasteiger partial charge on any atom is 0.243 e. The third kappa shape index (κ3) is 2.93. The van der Waals surface area contributed by atoms with E-state index < -0.39 is 0 Å². The molecule has 0 radical (unpaired) electrons. The van der Waals surface area contributed by atoms with Gasteiger partial charge in [0.1, 0.15) is 0 Å². The van der Waals surface area contributed by atoms with Crippen molar-refractivity contribution in [3.63, 3.8) is 0 Å². The third-order valence-corrected chi connectivity index (χ3v) is 3.95. The van der Waals surface area contributed by atoms with Gasteiger partial charge in [-0.05, 0) is 50.4 Å². The summed E-state index contributed by atoms with van der Waals surface area (Å²) in [6.07, 6.45) is 5.56. The Morgan fingerprint density at radius 1 is 1.35 bits per heavy atom. The Morgan fingerprint density at radius 3 is 2.90 bits per heavy atom. The summed E-state index contributed by atoms with van der Waals surface area (Å²) in [5.74, 6) is 0.754. The SMILES string of the molecule is CCCN1CCC(Nc2nc3cc(C)ccn3n2)CC1. The van der Waals surface area contributed by atoms with Crippen molar-refractivity contribution in [3.8, 4) is 0 Å². The number of rotatable bonds is 4. The predicted molar refractivity (Wildman–Crippen MR) is 81.1 cm³/mol. The number of hydrogen-bond donors (Lipinski definition) is 1. The fourth-order valence-electron chi connectivity index (χ4n) is 2.84. The maximum absolute atomic E-state index is 4.55. The van der Waals surface area contributed by atoms with Crippen molar-refractivity contribution in [3.05, 3.63) is 23.9 Å². The molecule has 0 atom stereocenters. The highest BCUT2D eigenvalue weighted by atomic mass is 15.3. The molecule has 1 saturated heterocycles. The largest absolute Gasteiger partial charge is 0.350 e. The molecule has 0 bridgehead atoms. The van der Waals surface area contributed by atoms with E-state index in [-0.39, 0.29) is 0 Å². The third-order valence-electron chi connectivity index (χ3n) is 3.95. The number of nitrogens with zero attached hydrogens (tertiary/aromatic N) is 4. The molecule has 2 aromatic heterocycles. The van der Waals surface area contributed by atoms with E-state index in [9.17, 15) is 0 Å². The quantitative estimate of drug-likeness (QED) is 0.928. The van der Waals surface area contributed by atoms with E-state index in [4.69, 9.17) is 0 Å². The van der Waals surface area contributed by atoms with Gasteiger partial charge in [-0.25, -0.2) is 4.52 Å². The van der Waals surface area contributed by atoms with Gasteiger partial charge in [-0.2, -0.15) is 4.98 Å². The van der Waals surface area contributed by atoms with Crippen molar-refractivity contribution in [1.82, 2.24) is 19.5 Å². The van der Waals surface area contributed by atoms with Crippen LogP contribution in [0.3, 0.4) is 0 Å². The zero-order chi connectivity index (χ0) is 13.9. The van der Waals surface area contributed by atoms with Crippen LogP contribution in [0, 0.1) is 6.92 Å². The first-order valence-corrected chi connectivity index (χ1v) is 7.56. The van der Waals surface area contributed by atoms with Crippen LogP contribution >= 0.6 is 0 Å². The van der Waals surface area contributed by atoms with Crippen LogP contribution in [-0.4, -0.2) is 45.2 Å². The molecule has 3 rings (SSSR count). The molecular weight excluding hydrogens is 250 g/mol. The predicted octanol–water partition coefficient (Wildman–Crippen LogP) is 2.32. The summed E-state index contributed by atoms with van der Waals surface area (Å²) in [6, 6.07) is 4.61. The van der Waals surface area contributed by atoms with Crippen LogP contribution in [0.2, 0.25) is 0 Å². The first-order valence-electron chi connectivity index (χ1n) is 7.56. The number of fused-ring (bicyclic) bond motifs is 1. The van der Waals surface area contributed by atoms with E-state index in [0.29, 0.717) is 6.04 Å². The molecule has 0 aromatic carbocycles. The van der Waals surface area contributed by atoms with Gasteiger partial charge in [-0.3, -0.25) is 0 Å². The number of aryl methyl sites for hydroxylation is 1. The Balaban J connectivity index is 1.62. The number of anilines is 1. The number of aromatic nitrogens is 3. The van der Waals surface area contributed by atoms with Crippen molar-refractivity contribution < 1.29 is 0 Å². The molecule has 0 aliphatic carbocycles. The van der Waals surface area contributed by atoms with Crippen LogP contribution in [0.25, 0.3) is 5.65 Å². The van der Waals surface area contributed by atoms with Crippen LogP contribution in [-0.2, 0) is 0 Å². The van der Waals surface area contributed by atoms with Gasteiger partial charge in [0.25, 0.3) is 0 Å². The minimum absolute atomic E-state index is 0.501. The van der Waals surface area contributed by atoms with E-state index in [2.05, 4.69) is 46.3 Å². The fraction of sp³-hybridized carbons (Fsp3) is 0.600. The van der Waals surface area contributed by atoms with E-state index in [1.54, 1.807) is 0 Å². The highest BCUT2D eigenvalue weighted by molar-refractivity contribution is 5.45. The Hall–Kier alpha value is -1.62. The molecule has 1 fully saturated rings. The number of hydrogen-bond acceptors (Lipinski definition) is 4. The summed E-state index contributed by atoms with van der Waals surface area (Å²) >= 11 is 0. The zero-order valence-corrected chi connectivity index (χ0v) is 12.3. The van der Waals surface area contributed by atoms with Gasteiger partial charge in [0, 0.05) is 25.3 Å². The lowest BCUT2D eigenvalue weighted by atomic mass is 10.1. The second-order valence-electron chi connectivity index (χ2n) is 5.70.